The second-order valence-electron chi connectivity index (χ2n) is 16.3. The summed E-state index contributed by atoms with van der Waals surface area (Å²) in [5.41, 5.74) is 15.1. The van der Waals surface area contributed by atoms with Crippen LogP contribution in [-0.2, 0) is 0 Å². The van der Waals surface area contributed by atoms with Crippen LogP contribution in [0.4, 0.5) is 0 Å². The Hall–Kier alpha value is -6.00. The Labute approximate surface area is 323 Å². The quantitative estimate of drug-likeness (QED) is 0.157. The molecule has 0 N–H and O–H groups in total. The molecule has 0 atom stereocenters. The van der Waals surface area contributed by atoms with Crippen molar-refractivity contribution in [2.75, 3.05) is 0 Å². The predicted octanol–water partition coefficient (Wildman–Crippen LogP) is 11.9. The van der Waals surface area contributed by atoms with Gasteiger partial charge in [0.25, 0.3) is 6.71 Å². The van der Waals surface area contributed by atoms with Crippen LogP contribution in [0.25, 0.3) is 55.0 Å². The molecule has 1 aliphatic rings. The molecule has 1 aliphatic heterocycles. The van der Waals surface area contributed by atoms with E-state index >= 15 is 0 Å². The maximum atomic E-state index is 7.19. The molecule has 0 unspecified atom stereocenters. The Kier molecular flexibility index (Phi) is 7.82. The molecule has 4 heteroatoms. The van der Waals surface area contributed by atoms with Gasteiger partial charge in [0.2, 0.25) is 0 Å². The van der Waals surface area contributed by atoms with E-state index in [1.807, 2.05) is 0 Å². The Bertz CT molecular complexity index is 2660. The second kappa shape index (κ2) is 12.8. The van der Waals surface area contributed by atoms with Gasteiger partial charge in [0.15, 0.2) is 0 Å². The summed E-state index contributed by atoms with van der Waals surface area (Å²) >= 11 is 0. The fraction of sp³-hybridized carbons (Fsp3) is 0.176. The smallest absolute Gasteiger partial charge is 0.251 e. The molecule has 0 radical (unpaired) electrons. The summed E-state index contributed by atoms with van der Waals surface area (Å²) in [7, 11) is 0. The fourth-order valence-corrected chi connectivity index (χ4v) is 9.32. The number of para-hydroxylation sites is 4. The van der Waals surface area contributed by atoms with E-state index in [1.165, 1.54) is 76.7 Å². The van der Waals surface area contributed by atoms with Crippen LogP contribution in [0.15, 0.2) is 146 Å². The van der Waals surface area contributed by atoms with E-state index < -0.39 is 0 Å². The number of hydrogen-bond acceptors (Lipinski definition) is 1. The first kappa shape index (κ1) is 33.6. The average Bonchev–Trinajstić information content (AvgIpc) is 3.72. The summed E-state index contributed by atoms with van der Waals surface area (Å²) < 4.78 is 12.0. The molecule has 0 saturated carbocycles. The summed E-state index contributed by atoms with van der Waals surface area (Å²) in [6.45, 7) is 14.0. The number of nitrogens with zero attached hydrogens (tertiary/aromatic N) is 2. The van der Waals surface area contributed by atoms with Crippen molar-refractivity contribution >= 4 is 66.7 Å². The van der Waals surface area contributed by atoms with Gasteiger partial charge in [-0.1, -0.05) is 144 Å². The highest BCUT2D eigenvalue weighted by Crippen LogP contribution is 2.37. The lowest BCUT2D eigenvalue weighted by molar-refractivity contribution is 0.487. The maximum absolute atomic E-state index is 7.19. The first-order chi connectivity index (χ1) is 26.8. The number of ether oxygens (including phenoxy) is 1. The molecule has 0 amide bonds. The molecule has 3 heterocycles. The maximum Gasteiger partial charge on any atom is 0.251 e. The van der Waals surface area contributed by atoms with Crippen molar-refractivity contribution in [3.63, 3.8) is 0 Å². The highest BCUT2D eigenvalue weighted by Gasteiger charge is 2.37. The Morgan fingerprint density at radius 1 is 0.418 bits per heavy atom. The van der Waals surface area contributed by atoms with Gasteiger partial charge in [0, 0.05) is 45.1 Å². The van der Waals surface area contributed by atoms with Crippen LogP contribution in [0.1, 0.15) is 76.0 Å². The summed E-state index contributed by atoms with van der Waals surface area (Å²) in [4.78, 5) is 0. The average molecular weight is 713 g/mol. The molecule has 9 aromatic rings. The lowest BCUT2D eigenvalue weighted by Crippen LogP contribution is -2.57. The van der Waals surface area contributed by atoms with E-state index in [-0.39, 0.29) is 6.71 Å². The van der Waals surface area contributed by atoms with Crippen LogP contribution < -0.4 is 21.1 Å². The monoisotopic (exact) mass is 712 g/mol. The van der Waals surface area contributed by atoms with Crippen LogP contribution in [0.5, 0.6) is 11.5 Å². The molecule has 55 heavy (non-hydrogen) atoms. The first-order valence-corrected chi connectivity index (χ1v) is 19.9. The molecule has 0 saturated heterocycles. The molecule has 268 valence electrons. The number of benzene rings is 7. The van der Waals surface area contributed by atoms with Gasteiger partial charge < -0.3 is 13.9 Å². The van der Waals surface area contributed by atoms with E-state index in [1.54, 1.807) is 0 Å². The van der Waals surface area contributed by atoms with Crippen molar-refractivity contribution in [3.05, 3.63) is 162 Å². The van der Waals surface area contributed by atoms with Crippen LogP contribution in [0.2, 0.25) is 0 Å². The molecule has 0 bridgehead atoms. The zero-order valence-electron chi connectivity index (χ0n) is 32.5. The molecular formula is C51H45BN2O. The minimum atomic E-state index is 0.00848. The number of hydrogen-bond donors (Lipinski definition) is 0. The third kappa shape index (κ3) is 5.18. The normalized spacial score (nSPS) is 12.8. The SMILES string of the molecule is CC(C)c1cc(C(C)C)c(B2c3ccc(-n4c5ccccc5c5ccccc54)cc3Oc3cc(-n4c5ccccc5c5ccccc54)ccc32)c(C(C)C)c1. The van der Waals surface area contributed by atoms with Gasteiger partial charge in [0.05, 0.1) is 22.1 Å². The lowest BCUT2D eigenvalue weighted by Gasteiger charge is -2.32. The van der Waals surface area contributed by atoms with E-state index in [4.69, 9.17) is 4.74 Å². The van der Waals surface area contributed by atoms with Gasteiger partial charge in [-0.15, -0.1) is 0 Å². The third-order valence-electron chi connectivity index (χ3n) is 12.0. The molecular weight excluding hydrogens is 667 g/mol. The highest BCUT2D eigenvalue weighted by atomic mass is 16.5. The van der Waals surface area contributed by atoms with Crippen molar-refractivity contribution in [3.8, 4) is 22.9 Å². The Morgan fingerprint density at radius 2 is 0.782 bits per heavy atom. The molecule has 2 aromatic heterocycles. The van der Waals surface area contributed by atoms with E-state index in [9.17, 15) is 0 Å². The van der Waals surface area contributed by atoms with Gasteiger partial charge in [-0.2, -0.15) is 0 Å². The van der Waals surface area contributed by atoms with Gasteiger partial charge in [-0.05, 0) is 81.8 Å². The zero-order chi connectivity index (χ0) is 37.5. The van der Waals surface area contributed by atoms with Crippen LogP contribution in [0.3, 0.4) is 0 Å². The topological polar surface area (TPSA) is 19.1 Å². The summed E-state index contributed by atoms with van der Waals surface area (Å²) in [6.07, 6.45) is 0. The molecule has 7 aromatic carbocycles. The third-order valence-corrected chi connectivity index (χ3v) is 12.0. The largest absolute Gasteiger partial charge is 0.458 e. The fourth-order valence-electron chi connectivity index (χ4n) is 9.32. The Morgan fingerprint density at radius 3 is 1.13 bits per heavy atom. The van der Waals surface area contributed by atoms with Gasteiger partial charge in [-0.25, -0.2) is 0 Å². The lowest BCUT2D eigenvalue weighted by atomic mass is 9.34. The minimum absolute atomic E-state index is 0.00848. The van der Waals surface area contributed by atoms with Crippen molar-refractivity contribution in [1.82, 2.24) is 9.13 Å². The molecule has 0 fully saturated rings. The molecule has 0 aliphatic carbocycles. The van der Waals surface area contributed by atoms with E-state index in [0.717, 1.165) is 22.9 Å². The van der Waals surface area contributed by atoms with Gasteiger partial charge >= 0.3 is 0 Å². The van der Waals surface area contributed by atoms with Crippen molar-refractivity contribution in [2.24, 2.45) is 0 Å². The highest BCUT2D eigenvalue weighted by molar-refractivity contribution is 6.97. The minimum Gasteiger partial charge on any atom is -0.458 e. The summed E-state index contributed by atoms with van der Waals surface area (Å²) in [6, 6.07) is 53.7. The number of aromatic nitrogens is 2. The van der Waals surface area contributed by atoms with Crippen molar-refractivity contribution in [2.45, 2.75) is 59.3 Å². The standard InChI is InChI=1S/C51H45BN2O/c1-31(2)34-27-41(32(3)4)51(42(28-34)33(5)6)52-43-25-23-35(53-45-19-11-7-15-37(45)38-16-8-12-20-46(38)53)29-49(43)55-50-30-36(24-26-44(50)52)54-47-21-13-9-17-39(47)40-18-10-14-22-48(40)54/h7-33H,1-6H3. The first-order valence-electron chi connectivity index (χ1n) is 19.9. The molecule has 3 nitrogen and oxygen atoms in total. The van der Waals surface area contributed by atoms with Crippen LogP contribution >= 0.6 is 0 Å². The van der Waals surface area contributed by atoms with Crippen molar-refractivity contribution in [1.29, 1.82) is 0 Å². The molecule has 10 rings (SSSR count). The zero-order valence-corrected chi connectivity index (χ0v) is 32.5. The summed E-state index contributed by atoms with van der Waals surface area (Å²) in [5, 5.41) is 5.02. The predicted molar refractivity (Wildman–Crippen MR) is 235 cm³/mol. The van der Waals surface area contributed by atoms with Crippen LogP contribution in [-0.4, -0.2) is 15.8 Å². The second-order valence-corrected chi connectivity index (χ2v) is 16.3. The number of rotatable bonds is 6. The van der Waals surface area contributed by atoms with Crippen LogP contribution in [0, 0.1) is 0 Å². The van der Waals surface area contributed by atoms with Gasteiger partial charge in [-0.3, -0.25) is 0 Å². The van der Waals surface area contributed by atoms with Gasteiger partial charge in [0.1, 0.15) is 11.5 Å². The van der Waals surface area contributed by atoms with Crippen molar-refractivity contribution < 1.29 is 4.74 Å². The summed E-state index contributed by atoms with van der Waals surface area (Å²) in [5.74, 6) is 2.98. The van der Waals surface area contributed by atoms with E-state index in [2.05, 4.69) is 196 Å². The number of fused-ring (bicyclic) bond motifs is 8. The molecule has 0 spiro atoms. The van der Waals surface area contributed by atoms with E-state index in [0.29, 0.717) is 17.8 Å². The Balaban J connectivity index is 1.25.